The number of imidazole rings is 1. The van der Waals surface area contributed by atoms with Gasteiger partial charge in [0.05, 0.1) is 11.0 Å². The van der Waals surface area contributed by atoms with E-state index >= 15 is 0 Å². The van der Waals surface area contributed by atoms with E-state index in [-0.39, 0.29) is 5.41 Å². The summed E-state index contributed by atoms with van der Waals surface area (Å²) >= 11 is 0. The van der Waals surface area contributed by atoms with Gasteiger partial charge in [-0.25, -0.2) is 4.98 Å². The SMILES string of the molecule is CC(C)c1ccc(-n2cnc3cc(C4CC4c4ccc(C(C)(C)C)cc4)ccc32)cc1. The maximum absolute atomic E-state index is 4.72. The van der Waals surface area contributed by atoms with E-state index in [9.17, 15) is 0 Å². The molecular formula is C29H32N2. The Labute approximate surface area is 186 Å². The van der Waals surface area contributed by atoms with E-state index in [0.717, 1.165) is 5.52 Å². The third-order valence-electron chi connectivity index (χ3n) is 6.83. The minimum absolute atomic E-state index is 0.209. The smallest absolute Gasteiger partial charge is 0.100 e. The standard InChI is InChI=1S/C29H32N2/c1-19(2)20-8-13-24(14-9-20)31-18-30-27-16-22(10-15-28(27)31)26-17-25(26)21-6-11-23(12-7-21)29(3,4)5/h6-16,18-19,25-26H,17H2,1-5H3. The van der Waals surface area contributed by atoms with Gasteiger partial charge in [-0.3, -0.25) is 4.57 Å². The van der Waals surface area contributed by atoms with Crippen molar-refractivity contribution in [2.75, 3.05) is 0 Å². The highest BCUT2D eigenvalue weighted by atomic mass is 15.0. The van der Waals surface area contributed by atoms with Crippen LogP contribution in [0.15, 0.2) is 73.1 Å². The fourth-order valence-corrected chi connectivity index (χ4v) is 4.65. The van der Waals surface area contributed by atoms with Gasteiger partial charge in [-0.1, -0.05) is 77.1 Å². The van der Waals surface area contributed by atoms with Crippen LogP contribution in [0.4, 0.5) is 0 Å². The third kappa shape index (κ3) is 3.80. The maximum atomic E-state index is 4.72. The van der Waals surface area contributed by atoms with E-state index in [2.05, 4.69) is 106 Å². The largest absolute Gasteiger partial charge is 0.299 e. The highest BCUT2D eigenvalue weighted by molar-refractivity contribution is 5.78. The lowest BCUT2D eigenvalue weighted by Crippen LogP contribution is -2.10. The summed E-state index contributed by atoms with van der Waals surface area (Å²) in [5.41, 5.74) is 9.29. The van der Waals surface area contributed by atoms with Crippen LogP contribution in [0.25, 0.3) is 16.7 Å². The van der Waals surface area contributed by atoms with Gasteiger partial charge >= 0.3 is 0 Å². The van der Waals surface area contributed by atoms with E-state index in [0.29, 0.717) is 17.8 Å². The van der Waals surface area contributed by atoms with Crippen molar-refractivity contribution in [2.45, 2.75) is 64.2 Å². The van der Waals surface area contributed by atoms with Crippen molar-refractivity contribution in [3.8, 4) is 5.69 Å². The van der Waals surface area contributed by atoms with Crippen LogP contribution in [-0.2, 0) is 5.41 Å². The zero-order chi connectivity index (χ0) is 21.8. The van der Waals surface area contributed by atoms with E-state index in [4.69, 9.17) is 4.98 Å². The molecule has 1 aliphatic carbocycles. The molecule has 1 aromatic heterocycles. The van der Waals surface area contributed by atoms with Gasteiger partial charge in [0.25, 0.3) is 0 Å². The van der Waals surface area contributed by atoms with Crippen LogP contribution in [0.3, 0.4) is 0 Å². The van der Waals surface area contributed by atoms with E-state index in [1.165, 1.54) is 39.9 Å². The summed E-state index contributed by atoms with van der Waals surface area (Å²) in [5, 5.41) is 0. The van der Waals surface area contributed by atoms with Crippen molar-refractivity contribution < 1.29 is 0 Å². The van der Waals surface area contributed by atoms with Gasteiger partial charge in [0, 0.05) is 5.69 Å². The van der Waals surface area contributed by atoms with Crippen molar-refractivity contribution in [3.05, 3.63) is 95.3 Å². The average Bonchev–Trinajstić information content (AvgIpc) is 3.45. The zero-order valence-electron chi connectivity index (χ0n) is 19.3. The topological polar surface area (TPSA) is 17.8 Å². The second-order valence-electron chi connectivity index (χ2n) is 10.4. The van der Waals surface area contributed by atoms with Crippen molar-refractivity contribution in [1.29, 1.82) is 0 Å². The van der Waals surface area contributed by atoms with Crippen LogP contribution in [0, 0.1) is 0 Å². The average molecular weight is 409 g/mol. The van der Waals surface area contributed by atoms with Gasteiger partial charge in [0.2, 0.25) is 0 Å². The minimum atomic E-state index is 0.209. The highest BCUT2D eigenvalue weighted by Crippen LogP contribution is 2.55. The Morgan fingerprint density at radius 3 is 2.13 bits per heavy atom. The first-order valence-electron chi connectivity index (χ1n) is 11.5. The predicted molar refractivity (Wildman–Crippen MR) is 130 cm³/mol. The molecule has 0 aliphatic heterocycles. The first-order chi connectivity index (χ1) is 14.8. The second-order valence-corrected chi connectivity index (χ2v) is 10.4. The third-order valence-corrected chi connectivity index (χ3v) is 6.83. The molecule has 0 saturated heterocycles. The van der Waals surface area contributed by atoms with E-state index in [1.54, 1.807) is 0 Å². The van der Waals surface area contributed by atoms with Crippen molar-refractivity contribution in [2.24, 2.45) is 0 Å². The predicted octanol–water partition coefficient (Wildman–Crippen LogP) is 7.72. The minimum Gasteiger partial charge on any atom is -0.299 e. The Morgan fingerprint density at radius 2 is 1.48 bits per heavy atom. The van der Waals surface area contributed by atoms with Gasteiger partial charge in [-0.2, -0.15) is 0 Å². The summed E-state index contributed by atoms with van der Waals surface area (Å²) in [6.07, 6.45) is 3.19. The lowest BCUT2D eigenvalue weighted by atomic mass is 9.86. The second kappa shape index (κ2) is 7.37. The maximum Gasteiger partial charge on any atom is 0.100 e. The molecule has 1 aliphatic rings. The molecule has 1 saturated carbocycles. The van der Waals surface area contributed by atoms with Crippen LogP contribution in [0.5, 0.6) is 0 Å². The number of fused-ring (bicyclic) bond motifs is 1. The molecule has 0 bridgehead atoms. The summed E-state index contributed by atoms with van der Waals surface area (Å²) in [5.74, 6) is 1.80. The first kappa shape index (κ1) is 20.1. The van der Waals surface area contributed by atoms with Crippen molar-refractivity contribution in [1.82, 2.24) is 9.55 Å². The van der Waals surface area contributed by atoms with Crippen LogP contribution >= 0.6 is 0 Å². The molecule has 2 unspecified atom stereocenters. The Kier molecular flexibility index (Phi) is 4.77. The number of benzene rings is 3. The molecule has 2 heteroatoms. The molecule has 2 nitrogen and oxygen atoms in total. The van der Waals surface area contributed by atoms with Gasteiger partial charge in [0.15, 0.2) is 0 Å². The molecule has 1 fully saturated rings. The summed E-state index contributed by atoms with van der Waals surface area (Å²) in [6, 6.07) is 25.0. The Bertz CT molecular complexity index is 1200. The summed E-state index contributed by atoms with van der Waals surface area (Å²) < 4.78 is 2.19. The Hall–Kier alpha value is -2.87. The molecular weight excluding hydrogens is 376 g/mol. The Morgan fingerprint density at radius 1 is 0.839 bits per heavy atom. The normalized spacial score (nSPS) is 18.6. The van der Waals surface area contributed by atoms with Crippen LogP contribution in [0.1, 0.15) is 81.0 Å². The van der Waals surface area contributed by atoms with Gasteiger partial charge in [0.1, 0.15) is 6.33 Å². The summed E-state index contributed by atoms with van der Waals surface area (Å²) in [6.45, 7) is 11.3. The number of hydrogen-bond donors (Lipinski definition) is 0. The number of hydrogen-bond acceptors (Lipinski definition) is 1. The van der Waals surface area contributed by atoms with Crippen molar-refractivity contribution in [3.63, 3.8) is 0 Å². The van der Waals surface area contributed by atoms with Gasteiger partial charge in [-0.05, 0) is 76.1 Å². The number of aromatic nitrogens is 2. The van der Waals surface area contributed by atoms with Crippen LogP contribution in [-0.4, -0.2) is 9.55 Å². The molecule has 1 heterocycles. The Balaban J connectivity index is 1.37. The van der Waals surface area contributed by atoms with Crippen LogP contribution in [0.2, 0.25) is 0 Å². The summed E-state index contributed by atoms with van der Waals surface area (Å²) in [4.78, 5) is 4.72. The lowest BCUT2D eigenvalue weighted by Gasteiger charge is -2.19. The highest BCUT2D eigenvalue weighted by Gasteiger charge is 2.39. The molecule has 5 rings (SSSR count). The molecule has 3 aromatic carbocycles. The monoisotopic (exact) mass is 408 g/mol. The lowest BCUT2D eigenvalue weighted by molar-refractivity contribution is 0.590. The zero-order valence-corrected chi connectivity index (χ0v) is 19.3. The fourth-order valence-electron chi connectivity index (χ4n) is 4.65. The van der Waals surface area contributed by atoms with Crippen molar-refractivity contribution >= 4 is 11.0 Å². The first-order valence-corrected chi connectivity index (χ1v) is 11.5. The van der Waals surface area contributed by atoms with Gasteiger partial charge < -0.3 is 0 Å². The van der Waals surface area contributed by atoms with E-state index in [1.807, 2.05) is 6.33 Å². The molecule has 2 atom stereocenters. The van der Waals surface area contributed by atoms with E-state index < -0.39 is 0 Å². The molecule has 0 spiro atoms. The molecule has 0 radical (unpaired) electrons. The summed E-state index contributed by atoms with van der Waals surface area (Å²) in [7, 11) is 0. The molecule has 158 valence electrons. The van der Waals surface area contributed by atoms with Crippen LogP contribution < -0.4 is 0 Å². The number of nitrogens with zero attached hydrogens (tertiary/aromatic N) is 2. The molecule has 4 aromatic rings. The van der Waals surface area contributed by atoms with Gasteiger partial charge in [-0.15, -0.1) is 0 Å². The molecule has 31 heavy (non-hydrogen) atoms. The quantitative estimate of drug-likeness (QED) is 0.338. The number of rotatable bonds is 4. The molecule has 0 N–H and O–H groups in total. The fraction of sp³-hybridized carbons (Fsp3) is 0.345. The molecule has 0 amide bonds.